The summed E-state index contributed by atoms with van der Waals surface area (Å²) < 4.78 is 1.20. The molecule has 0 aromatic carbocycles. The number of hydrogen-bond acceptors (Lipinski definition) is 4. The summed E-state index contributed by atoms with van der Waals surface area (Å²) in [5, 5.41) is 19.5. The topological polar surface area (TPSA) is 78.4 Å². The van der Waals surface area contributed by atoms with Crippen LogP contribution in [0.5, 0.6) is 5.88 Å². The van der Waals surface area contributed by atoms with Crippen molar-refractivity contribution in [2.75, 3.05) is 0 Å². The monoisotopic (exact) mass is 283 g/mol. The van der Waals surface area contributed by atoms with Crippen LogP contribution in [0.1, 0.15) is 37.5 Å². The first kappa shape index (κ1) is 14.8. The van der Waals surface area contributed by atoms with Gasteiger partial charge in [0.25, 0.3) is 5.56 Å². The zero-order valence-electron chi connectivity index (χ0n) is 12.6. The smallest absolute Gasteiger partial charge is 0.271 e. The van der Waals surface area contributed by atoms with Crippen LogP contribution in [-0.4, -0.2) is 15.4 Å². The van der Waals surface area contributed by atoms with Crippen LogP contribution in [0.2, 0.25) is 0 Å². The van der Waals surface area contributed by atoms with Gasteiger partial charge in [-0.2, -0.15) is 5.26 Å². The molecule has 0 aliphatic carbocycles. The van der Waals surface area contributed by atoms with Crippen LogP contribution in [0.3, 0.4) is 0 Å². The van der Waals surface area contributed by atoms with Gasteiger partial charge in [0.05, 0.1) is 5.70 Å². The quantitative estimate of drug-likeness (QED) is 0.905. The molecule has 1 aliphatic heterocycles. The molecule has 1 aromatic rings. The minimum absolute atomic E-state index is 0.0573. The highest BCUT2D eigenvalue weighted by Crippen LogP contribution is 2.28. The highest BCUT2D eigenvalue weighted by Gasteiger charge is 2.18. The minimum atomic E-state index is -0.462. The Morgan fingerprint density at radius 3 is 2.57 bits per heavy atom. The van der Waals surface area contributed by atoms with Gasteiger partial charge in [-0.15, -0.1) is 0 Å². The maximum absolute atomic E-state index is 12.1. The standard InChI is InChI=1S/C16H17N3O2/c1-5-19-15(20)12(11(4)13(8-17)16(19)21)7-14-9(2)6-10(3)18-14/h6-7,20H,5H2,1-4H3/b14-7-. The van der Waals surface area contributed by atoms with Crippen LogP contribution in [0.25, 0.3) is 6.08 Å². The number of allylic oxidation sites excluding steroid dienone is 2. The van der Waals surface area contributed by atoms with Gasteiger partial charge < -0.3 is 5.11 Å². The number of nitrogens with zero attached hydrogens (tertiary/aromatic N) is 3. The molecule has 1 aliphatic rings. The Balaban J connectivity index is 2.77. The summed E-state index contributed by atoms with van der Waals surface area (Å²) in [5.74, 6) is -0.126. The van der Waals surface area contributed by atoms with Gasteiger partial charge in [0.1, 0.15) is 11.6 Å². The maximum Gasteiger partial charge on any atom is 0.271 e. The Morgan fingerprint density at radius 1 is 1.43 bits per heavy atom. The maximum atomic E-state index is 12.1. The normalized spacial score (nSPS) is 15.9. The molecule has 0 saturated carbocycles. The van der Waals surface area contributed by atoms with E-state index in [0.717, 1.165) is 17.0 Å². The summed E-state index contributed by atoms with van der Waals surface area (Å²) in [6, 6.07) is 1.93. The SMILES string of the molecule is CCn1c(O)c(/C=C2\N=C(C)C=C2C)c(C)c(C#N)c1=O. The first-order valence-electron chi connectivity index (χ1n) is 6.72. The zero-order valence-corrected chi connectivity index (χ0v) is 12.6. The number of aromatic nitrogens is 1. The highest BCUT2D eigenvalue weighted by atomic mass is 16.3. The number of aromatic hydroxyl groups is 1. The Bertz CT molecular complexity index is 802. The molecular formula is C16H17N3O2. The van der Waals surface area contributed by atoms with Crippen molar-refractivity contribution in [3.05, 3.63) is 44.4 Å². The van der Waals surface area contributed by atoms with Gasteiger partial charge in [0, 0.05) is 17.8 Å². The molecule has 108 valence electrons. The summed E-state index contributed by atoms with van der Waals surface area (Å²) >= 11 is 0. The predicted molar refractivity (Wildman–Crippen MR) is 82.3 cm³/mol. The van der Waals surface area contributed by atoms with E-state index in [1.807, 2.05) is 26.0 Å². The van der Waals surface area contributed by atoms with Crippen LogP contribution >= 0.6 is 0 Å². The average molecular weight is 283 g/mol. The molecule has 1 N–H and O–H groups in total. The van der Waals surface area contributed by atoms with E-state index in [9.17, 15) is 15.2 Å². The molecule has 0 amide bonds. The van der Waals surface area contributed by atoms with Crippen molar-refractivity contribution in [3.8, 4) is 11.9 Å². The lowest BCUT2D eigenvalue weighted by Crippen LogP contribution is -2.24. The third-order valence-electron chi connectivity index (χ3n) is 3.57. The molecule has 0 atom stereocenters. The summed E-state index contributed by atoms with van der Waals surface area (Å²) in [6.45, 7) is 7.53. The molecule has 5 nitrogen and oxygen atoms in total. The van der Waals surface area contributed by atoms with Gasteiger partial charge in [-0.25, -0.2) is 0 Å². The second-order valence-corrected chi connectivity index (χ2v) is 5.01. The van der Waals surface area contributed by atoms with E-state index in [1.165, 1.54) is 4.57 Å². The number of hydrogen-bond donors (Lipinski definition) is 1. The summed E-state index contributed by atoms with van der Waals surface area (Å²) in [7, 11) is 0. The van der Waals surface area contributed by atoms with Gasteiger partial charge in [-0.3, -0.25) is 14.4 Å². The Kier molecular flexibility index (Phi) is 3.81. The van der Waals surface area contributed by atoms with Crippen LogP contribution in [0.15, 0.2) is 27.1 Å². The van der Waals surface area contributed by atoms with Crippen molar-refractivity contribution >= 4 is 11.8 Å². The number of pyridine rings is 1. The lowest BCUT2D eigenvalue weighted by Gasteiger charge is -2.13. The first-order chi connectivity index (χ1) is 9.90. The number of aliphatic imine (C=N–C) groups is 1. The third kappa shape index (κ3) is 2.40. The van der Waals surface area contributed by atoms with Gasteiger partial charge in [-0.1, -0.05) is 0 Å². The molecule has 2 rings (SSSR count). The van der Waals surface area contributed by atoms with E-state index >= 15 is 0 Å². The van der Waals surface area contributed by atoms with Gasteiger partial charge >= 0.3 is 0 Å². The summed E-state index contributed by atoms with van der Waals surface area (Å²) in [5.41, 5.74) is 3.15. The molecule has 1 aromatic heterocycles. The van der Waals surface area contributed by atoms with Crippen LogP contribution in [0, 0.1) is 18.3 Å². The molecule has 2 heterocycles. The second kappa shape index (κ2) is 5.41. The molecule has 5 heteroatoms. The number of rotatable bonds is 2. The van der Waals surface area contributed by atoms with Crippen molar-refractivity contribution in [3.63, 3.8) is 0 Å². The van der Waals surface area contributed by atoms with E-state index in [1.54, 1.807) is 19.9 Å². The van der Waals surface area contributed by atoms with E-state index in [0.29, 0.717) is 17.7 Å². The number of nitriles is 1. The summed E-state index contributed by atoms with van der Waals surface area (Å²) in [6.07, 6.45) is 3.67. The van der Waals surface area contributed by atoms with Crippen LogP contribution < -0.4 is 5.56 Å². The van der Waals surface area contributed by atoms with Crippen molar-refractivity contribution in [2.24, 2.45) is 4.99 Å². The lowest BCUT2D eigenvalue weighted by atomic mass is 10.0. The molecule has 0 spiro atoms. The fourth-order valence-electron chi connectivity index (χ4n) is 2.42. The molecular weight excluding hydrogens is 266 g/mol. The molecule has 0 fully saturated rings. The van der Waals surface area contributed by atoms with E-state index in [4.69, 9.17) is 0 Å². The zero-order chi connectivity index (χ0) is 15.7. The highest BCUT2D eigenvalue weighted by molar-refractivity contribution is 5.98. The lowest BCUT2D eigenvalue weighted by molar-refractivity contribution is 0.409. The largest absolute Gasteiger partial charge is 0.494 e. The van der Waals surface area contributed by atoms with Crippen molar-refractivity contribution in [2.45, 2.75) is 34.2 Å². The fourth-order valence-corrected chi connectivity index (χ4v) is 2.42. The van der Waals surface area contributed by atoms with E-state index < -0.39 is 5.56 Å². The van der Waals surface area contributed by atoms with Crippen molar-refractivity contribution in [1.29, 1.82) is 5.26 Å². The predicted octanol–water partition coefficient (Wildman–Crippen LogP) is 2.52. The van der Waals surface area contributed by atoms with Gasteiger partial charge in [0.15, 0.2) is 0 Å². The second-order valence-electron chi connectivity index (χ2n) is 5.01. The van der Waals surface area contributed by atoms with E-state index in [2.05, 4.69) is 4.99 Å². The molecule has 0 bridgehead atoms. The van der Waals surface area contributed by atoms with Crippen molar-refractivity contribution in [1.82, 2.24) is 4.57 Å². The Labute approximate surface area is 123 Å². The van der Waals surface area contributed by atoms with Gasteiger partial charge in [0.2, 0.25) is 5.88 Å². The molecule has 0 radical (unpaired) electrons. The minimum Gasteiger partial charge on any atom is -0.494 e. The first-order valence-corrected chi connectivity index (χ1v) is 6.72. The van der Waals surface area contributed by atoms with Crippen LogP contribution in [-0.2, 0) is 6.54 Å². The van der Waals surface area contributed by atoms with Crippen LogP contribution in [0.4, 0.5) is 0 Å². The molecule has 0 saturated heterocycles. The fraction of sp³-hybridized carbons (Fsp3) is 0.312. The molecule has 21 heavy (non-hydrogen) atoms. The third-order valence-corrected chi connectivity index (χ3v) is 3.57. The Morgan fingerprint density at radius 2 is 2.10 bits per heavy atom. The van der Waals surface area contributed by atoms with Gasteiger partial charge in [-0.05, 0) is 51.0 Å². The molecule has 0 unspecified atom stereocenters. The van der Waals surface area contributed by atoms with Crippen molar-refractivity contribution < 1.29 is 5.11 Å². The van der Waals surface area contributed by atoms with E-state index in [-0.39, 0.29) is 11.4 Å². The summed E-state index contributed by atoms with van der Waals surface area (Å²) in [4.78, 5) is 16.5. The Hall–Kier alpha value is -2.61. The average Bonchev–Trinajstić information content (AvgIpc) is 2.74.